The number of hydrogen-bond acceptors (Lipinski definition) is 3. The van der Waals surface area contributed by atoms with Gasteiger partial charge in [-0.3, -0.25) is 9.48 Å². The maximum Gasteiger partial charge on any atom is 0.257 e. The van der Waals surface area contributed by atoms with Crippen molar-refractivity contribution in [2.75, 3.05) is 13.1 Å². The van der Waals surface area contributed by atoms with Crippen LogP contribution in [0.1, 0.15) is 77.3 Å². The van der Waals surface area contributed by atoms with Crippen LogP contribution in [0.2, 0.25) is 0 Å². The van der Waals surface area contributed by atoms with Gasteiger partial charge in [0.15, 0.2) is 0 Å². The molecule has 2 fully saturated rings. The highest BCUT2D eigenvalue weighted by atomic mass is 16.2. The Morgan fingerprint density at radius 3 is 2.35 bits per heavy atom. The summed E-state index contributed by atoms with van der Waals surface area (Å²) in [6.45, 7) is 7.67. The molecule has 1 saturated heterocycles. The van der Waals surface area contributed by atoms with E-state index in [2.05, 4.69) is 16.6 Å². The first kappa shape index (κ1) is 17.3. The summed E-state index contributed by atoms with van der Waals surface area (Å²) in [7, 11) is 1.90. The SMILES string of the molecule is Cc1nn(C)c(C)c1C(=O)N1CCC(n2c(C)cnc2C2CCC2)CC1. The highest BCUT2D eigenvalue weighted by Crippen LogP contribution is 2.38. The molecule has 4 rings (SSSR count). The van der Waals surface area contributed by atoms with Gasteiger partial charge in [0, 0.05) is 49.7 Å². The van der Waals surface area contributed by atoms with Gasteiger partial charge in [0.25, 0.3) is 5.91 Å². The van der Waals surface area contributed by atoms with Crippen molar-refractivity contribution in [3.05, 3.63) is 34.7 Å². The van der Waals surface area contributed by atoms with Gasteiger partial charge in [-0.2, -0.15) is 5.10 Å². The summed E-state index contributed by atoms with van der Waals surface area (Å²) < 4.78 is 4.27. The van der Waals surface area contributed by atoms with E-state index >= 15 is 0 Å². The molecule has 0 aromatic carbocycles. The molecule has 0 unspecified atom stereocenters. The first-order valence-corrected chi connectivity index (χ1v) is 9.80. The predicted molar refractivity (Wildman–Crippen MR) is 100 cm³/mol. The molecule has 140 valence electrons. The Morgan fingerprint density at radius 1 is 1.12 bits per heavy atom. The van der Waals surface area contributed by atoms with Crippen LogP contribution in [0.15, 0.2) is 6.20 Å². The smallest absolute Gasteiger partial charge is 0.257 e. The Balaban J connectivity index is 1.48. The number of aryl methyl sites for hydroxylation is 3. The summed E-state index contributed by atoms with van der Waals surface area (Å²) in [4.78, 5) is 19.7. The molecule has 0 N–H and O–H groups in total. The molecule has 3 heterocycles. The van der Waals surface area contributed by atoms with Crippen LogP contribution in [0.4, 0.5) is 0 Å². The topological polar surface area (TPSA) is 56.0 Å². The molecule has 0 radical (unpaired) electrons. The third-order valence-electron chi connectivity index (χ3n) is 6.32. The zero-order chi connectivity index (χ0) is 18.4. The molecule has 1 amide bonds. The van der Waals surface area contributed by atoms with Gasteiger partial charge in [-0.15, -0.1) is 0 Å². The quantitative estimate of drug-likeness (QED) is 0.849. The summed E-state index contributed by atoms with van der Waals surface area (Å²) >= 11 is 0. The lowest BCUT2D eigenvalue weighted by molar-refractivity contribution is 0.0690. The van der Waals surface area contributed by atoms with E-state index in [0.29, 0.717) is 12.0 Å². The van der Waals surface area contributed by atoms with Crippen molar-refractivity contribution >= 4 is 5.91 Å². The van der Waals surface area contributed by atoms with Crippen LogP contribution in [-0.2, 0) is 7.05 Å². The minimum atomic E-state index is 0.133. The summed E-state index contributed by atoms with van der Waals surface area (Å²) in [5.41, 5.74) is 3.82. The molecule has 0 spiro atoms. The van der Waals surface area contributed by atoms with E-state index in [0.717, 1.165) is 42.9 Å². The molecule has 0 atom stereocenters. The average Bonchev–Trinajstić information content (AvgIpc) is 3.06. The summed E-state index contributed by atoms with van der Waals surface area (Å²) in [6.07, 6.45) is 7.89. The lowest BCUT2D eigenvalue weighted by Crippen LogP contribution is -2.40. The standard InChI is InChI=1S/C20H29N5O/c1-13-12-21-19(16-6-5-7-16)25(13)17-8-10-24(11-9-17)20(26)18-14(2)22-23(4)15(18)3/h12,16-17H,5-11H2,1-4H3. The molecule has 0 bridgehead atoms. The van der Waals surface area contributed by atoms with Crippen molar-refractivity contribution in [1.82, 2.24) is 24.2 Å². The van der Waals surface area contributed by atoms with Crippen molar-refractivity contribution < 1.29 is 4.79 Å². The third kappa shape index (κ3) is 2.75. The number of hydrogen-bond donors (Lipinski definition) is 0. The number of aromatic nitrogens is 4. The highest BCUT2D eigenvalue weighted by molar-refractivity contribution is 5.96. The number of carbonyl (C=O) groups excluding carboxylic acids is 1. The Labute approximate surface area is 155 Å². The van der Waals surface area contributed by atoms with E-state index in [4.69, 9.17) is 4.98 Å². The number of rotatable bonds is 3. The number of carbonyl (C=O) groups is 1. The largest absolute Gasteiger partial charge is 0.338 e. The minimum Gasteiger partial charge on any atom is -0.338 e. The minimum absolute atomic E-state index is 0.133. The molecule has 1 saturated carbocycles. The second-order valence-electron chi connectivity index (χ2n) is 7.95. The number of piperidine rings is 1. The molecular formula is C20H29N5O. The van der Waals surface area contributed by atoms with Crippen molar-refractivity contribution in [2.24, 2.45) is 7.05 Å². The average molecular weight is 355 g/mol. The number of nitrogens with zero attached hydrogens (tertiary/aromatic N) is 5. The van der Waals surface area contributed by atoms with E-state index in [1.807, 2.05) is 32.0 Å². The predicted octanol–water partition coefficient (Wildman–Crippen LogP) is 3.29. The van der Waals surface area contributed by atoms with Gasteiger partial charge in [0.05, 0.1) is 11.3 Å². The number of likely N-dealkylation sites (tertiary alicyclic amines) is 1. The van der Waals surface area contributed by atoms with Crippen LogP contribution < -0.4 is 0 Å². The van der Waals surface area contributed by atoms with Gasteiger partial charge in [-0.1, -0.05) is 6.42 Å². The zero-order valence-electron chi connectivity index (χ0n) is 16.3. The van der Waals surface area contributed by atoms with E-state index in [-0.39, 0.29) is 5.91 Å². The Morgan fingerprint density at radius 2 is 1.81 bits per heavy atom. The van der Waals surface area contributed by atoms with E-state index in [9.17, 15) is 4.79 Å². The Bertz CT molecular complexity index is 822. The van der Waals surface area contributed by atoms with Crippen molar-refractivity contribution in [3.63, 3.8) is 0 Å². The summed E-state index contributed by atoms with van der Waals surface area (Å²) in [5.74, 6) is 2.05. The van der Waals surface area contributed by atoms with Gasteiger partial charge in [0.2, 0.25) is 0 Å². The molecule has 2 aromatic rings. The van der Waals surface area contributed by atoms with Gasteiger partial charge in [-0.25, -0.2) is 4.98 Å². The third-order valence-corrected chi connectivity index (χ3v) is 6.32. The fourth-order valence-corrected chi connectivity index (χ4v) is 4.48. The van der Waals surface area contributed by atoms with Crippen LogP contribution in [-0.4, -0.2) is 43.2 Å². The fourth-order valence-electron chi connectivity index (χ4n) is 4.48. The van der Waals surface area contributed by atoms with Crippen molar-refractivity contribution in [1.29, 1.82) is 0 Å². The molecular weight excluding hydrogens is 326 g/mol. The van der Waals surface area contributed by atoms with Crippen LogP contribution in [0.5, 0.6) is 0 Å². The molecule has 1 aliphatic carbocycles. The first-order valence-electron chi connectivity index (χ1n) is 9.80. The van der Waals surface area contributed by atoms with Crippen molar-refractivity contribution in [3.8, 4) is 0 Å². The Hall–Kier alpha value is -2.11. The zero-order valence-corrected chi connectivity index (χ0v) is 16.3. The number of amides is 1. The van der Waals surface area contributed by atoms with E-state index in [1.54, 1.807) is 4.68 Å². The second kappa shape index (κ2) is 6.56. The normalized spacial score (nSPS) is 19.0. The van der Waals surface area contributed by atoms with E-state index in [1.165, 1.54) is 30.8 Å². The fraction of sp³-hybridized carbons (Fsp3) is 0.650. The van der Waals surface area contributed by atoms with Gasteiger partial charge >= 0.3 is 0 Å². The molecule has 6 nitrogen and oxygen atoms in total. The molecule has 2 aliphatic rings. The van der Waals surface area contributed by atoms with Crippen LogP contribution in [0, 0.1) is 20.8 Å². The first-order chi connectivity index (χ1) is 12.5. The maximum absolute atomic E-state index is 13.0. The molecule has 2 aromatic heterocycles. The lowest BCUT2D eigenvalue weighted by Gasteiger charge is -2.36. The summed E-state index contributed by atoms with van der Waals surface area (Å²) in [6, 6.07) is 0.466. The van der Waals surface area contributed by atoms with Gasteiger partial charge in [-0.05, 0) is 46.5 Å². The Kier molecular flexibility index (Phi) is 4.37. The van der Waals surface area contributed by atoms with Crippen LogP contribution >= 0.6 is 0 Å². The van der Waals surface area contributed by atoms with E-state index < -0.39 is 0 Å². The molecule has 1 aliphatic heterocycles. The molecule has 6 heteroatoms. The van der Waals surface area contributed by atoms with Crippen molar-refractivity contribution in [2.45, 2.75) is 64.8 Å². The lowest BCUT2D eigenvalue weighted by atomic mass is 9.84. The maximum atomic E-state index is 13.0. The van der Waals surface area contributed by atoms with Crippen LogP contribution in [0.3, 0.4) is 0 Å². The highest BCUT2D eigenvalue weighted by Gasteiger charge is 2.31. The van der Waals surface area contributed by atoms with Gasteiger partial charge < -0.3 is 9.47 Å². The van der Waals surface area contributed by atoms with Crippen LogP contribution in [0.25, 0.3) is 0 Å². The van der Waals surface area contributed by atoms with Gasteiger partial charge in [0.1, 0.15) is 5.82 Å². The molecule has 26 heavy (non-hydrogen) atoms. The summed E-state index contributed by atoms with van der Waals surface area (Å²) in [5, 5.41) is 4.40. The second-order valence-corrected chi connectivity index (χ2v) is 7.95. The monoisotopic (exact) mass is 355 g/mol. The number of imidazole rings is 1.